The summed E-state index contributed by atoms with van der Waals surface area (Å²) < 4.78 is 50.3. The third-order valence-corrected chi connectivity index (χ3v) is 2.69. The maximum atomic E-state index is 13.0. The smallest absolute Gasteiger partial charge is 0.340 e. The Morgan fingerprint density at radius 1 is 1.44 bits per heavy atom. The van der Waals surface area contributed by atoms with Crippen LogP contribution in [0.4, 0.5) is 17.6 Å². The van der Waals surface area contributed by atoms with Gasteiger partial charge in [0.15, 0.2) is 5.82 Å². The molecule has 0 aromatic carbocycles. The molecule has 0 aliphatic heterocycles. The summed E-state index contributed by atoms with van der Waals surface area (Å²) >= 11 is 0. The van der Waals surface area contributed by atoms with Gasteiger partial charge < -0.3 is 10.7 Å². The van der Waals surface area contributed by atoms with Gasteiger partial charge in [-0.2, -0.15) is 8.78 Å². The summed E-state index contributed by atoms with van der Waals surface area (Å²) in [6, 6.07) is -0.442. The van der Waals surface area contributed by atoms with Gasteiger partial charge in [-0.3, -0.25) is 0 Å². The second kappa shape index (κ2) is 3.73. The largest absolute Gasteiger partial charge is 0.363 e. The Morgan fingerprint density at radius 3 is 2.69 bits per heavy atom. The van der Waals surface area contributed by atoms with Crippen molar-refractivity contribution in [3.8, 4) is 0 Å². The van der Waals surface area contributed by atoms with Crippen LogP contribution in [0.2, 0.25) is 0 Å². The number of imidazole rings is 1. The van der Waals surface area contributed by atoms with Crippen LogP contribution in [0.15, 0.2) is 0 Å². The van der Waals surface area contributed by atoms with Gasteiger partial charge in [-0.05, 0) is 19.3 Å². The van der Waals surface area contributed by atoms with E-state index < -0.39 is 24.2 Å². The lowest BCUT2D eigenvalue weighted by atomic mass is 9.97. The molecule has 1 unspecified atom stereocenters. The van der Waals surface area contributed by atoms with E-state index in [2.05, 4.69) is 9.97 Å². The summed E-state index contributed by atoms with van der Waals surface area (Å²) in [6.07, 6.45) is -1.86. The van der Waals surface area contributed by atoms with Crippen LogP contribution >= 0.6 is 0 Å². The van der Waals surface area contributed by atoms with Crippen molar-refractivity contribution < 1.29 is 17.6 Å². The first kappa shape index (κ1) is 11.4. The van der Waals surface area contributed by atoms with Gasteiger partial charge in [-0.25, -0.2) is 13.8 Å². The van der Waals surface area contributed by atoms with Crippen molar-refractivity contribution in [3.63, 3.8) is 0 Å². The zero-order valence-corrected chi connectivity index (χ0v) is 8.31. The van der Waals surface area contributed by atoms with Crippen molar-refractivity contribution in [3.05, 3.63) is 17.2 Å². The van der Waals surface area contributed by atoms with E-state index >= 15 is 0 Å². The van der Waals surface area contributed by atoms with Gasteiger partial charge in [0.25, 0.3) is 0 Å². The fraction of sp³-hybridized carbons (Fsp3) is 0.667. The molecule has 0 fully saturated rings. The number of alkyl halides is 4. The average Bonchev–Trinajstić information content (AvgIpc) is 2.63. The third kappa shape index (κ3) is 1.68. The molecule has 1 aromatic heterocycles. The normalized spacial score (nSPS) is 21.2. The summed E-state index contributed by atoms with van der Waals surface area (Å²) in [5.41, 5.74) is 6.41. The number of fused-ring (bicyclic) bond motifs is 1. The van der Waals surface area contributed by atoms with Crippen LogP contribution in [-0.4, -0.2) is 16.4 Å². The highest BCUT2D eigenvalue weighted by molar-refractivity contribution is 5.23. The Kier molecular flexibility index (Phi) is 2.65. The molecule has 0 spiro atoms. The number of halogens is 4. The minimum atomic E-state index is -4.24. The molecule has 16 heavy (non-hydrogen) atoms. The lowest BCUT2D eigenvalue weighted by molar-refractivity contribution is -0.140. The Labute approximate surface area is 89.0 Å². The molecule has 1 atom stereocenters. The molecule has 1 aliphatic rings. The average molecular weight is 237 g/mol. The minimum Gasteiger partial charge on any atom is -0.340 e. The van der Waals surface area contributed by atoms with E-state index in [0.717, 1.165) is 6.42 Å². The number of aromatic amines is 1. The predicted octanol–water partition coefficient (Wildman–Crippen LogP) is 2.10. The maximum Gasteiger partial charge on any atom is 0.363 e. The van der Waals surface area contributed by atoms with Crippen LogP contribution < -0.4 is 5.73 Å². The van der Waals surface area contributed by atoms with Crippen molar-refractivity contribution in [1.82, 2.24) is 9.97 Å². The number of H-pyrrole nitrogens is 1. The van der Waals surface area contributed by atoms with Gasteiger partial charge in [0.2, 0.25) is 0 Å². The summed E-state index contributed by atoms with van der Waals surface area (Å²) in [5.74, 6) is -5.22. The van der Waals surface area contributed by atoms with Gasteiger partial charge in [-0.1, -0.05) is 0 Å². The first-order chi connectivity index (χ1) is 7.43. The highest BCUT2D eigenvalue weighted by Gasteiger charge is 2.46. The highest BCUT2D eigenvalue weighted by Crippen LogP contribution is 2.35. The third-order valence-electron chi connectivity index (χ3n) is 2.69. The summed E-state index contributed by atoms with van der Waals surface area (Å²) in [6.45, 7) is 0. The minimum absolute atomic E-state index is 0.293. The van der Waals surface area contributed by atoms with Crippen molar-refractivity contribution >= 4 is 0 Å². The van der Waals surface area contributed by atoms with Crippen molar-refractivity contribution in [2.24, 2.45) is 5.73 Å². The summed E-state index contributed by atoms with van der Waals surface area (Å²) in [7, 11) is 0. The molecular formula is C9H11F4N3. The molecule has 1 aliphatic carbocycles. The van der Waals surface area contributed by atoms with Crippen LogP contribution in [0.25, 0.3) is 0 Å². The van der Waals surface area contributed by atoms with Crippen LogP contribution in [-0.2, 0) is 12.3 Å². The monoisotopic (exact) mass is 237 g/mol. The zero-order valence-electron chi connectivity index (χ0n) is 8.31. The topological polar surface area (TPSA) is 54.7 Å². The van der Waals surface area contributed by atoms with E-state index in [4.69, 9.17) is 5.73 Å². The van der Waals surface area contributed by atoms with Crippen molar-refractivity contribution in [2.75, 3.05) is 0 Å². The number of rotatable bonds is 2. The van der Waals surface area contributed by atoms with Gasteiger partial charge in [0.1, 0.15) is 0 Å². The number of hydrogen-bond donors (Lipinski definition) is 2. The zero-order chi connectivity index (χ0) is 11.9. The molecular weight excluding hydrogens is 226 g/mol. The van der Waals surface area contributed by atoms with Crippen LogP contribution in [0.1, 0.15) is 36.1 Å². The molecule has 2 rings (SSSR count). The number of nitrogens with zero attached hydrogens (tertiary/aromatic N) is 1. The summed E-state index contributed by atoms with van der Waals surface area (Å²) in [4.78, 5) is 5.78. The summed E-state index contributed by atoms with van der Waals surface area (Å²) in [5, 5.41) is 0. The molecule has 3 N–H and O–H groups in total. The highest BCUT2D eigenvalue weighted by atomic mass is 19.3. The van der Waals surface area contributed by atoms with E-state index in [1.165, 1.54) is 0 Å². The number of aromatic nitrogens is 2. The number of aryl methyl sites for hydroxylation is 1. The quantitative estimate of drug-likeness (QED) is 0.774. The molecule has 0 saturated heterocycles. The lowest BCUT2D eigenvalue weighted by Crippen LogP contribution is -2.25. The first-order valence-electron chi connectivity index (χ1n) is 4.93. The van der Waals surface area contributed by atoms with Gasteiger partial charge in [-0.15, -0.1) is 0 Å². The van der Waals surface area contributed by atoms with Crippen LogP contribution in [0.5, 0.6) is 0 Å². The fourth-order valence-corrected chi connectivity index (χ4v) is 1.82. The van der Waals surface area contributed by atoms with E-state index in [0.29, 0.717) is 24.2 Å². The van der Waals surface area contributed by atoms with E-state index in [-0.39, 0.29) is 0 Å². The lowest BCUT2D eigenvalue weighted by Gasteiger charge is -2.15. The standard InChI is InChI=1S/C9H11F4N3/c10-7(11)9(12,13)8-15-5-3-1-2-4(14)6(5)16-8/h4,7H,1-3,14H2,(H,15,16). The van der Waals surface area contributed by atoms with Gasteiger partial charge in [0, 0.05) is 11.7 Å². The molecule has 0 radical (unpaired) electrons. The molecule has 0 bridgehead atoms. The van der Waals surface area contributed by atoms with Crippen LogP contribution in [0, 0.1) is 0 Å². The number of nitrogens with one attached hydrogen (secondary N) is 1. The fourth-order valence-electron chi connectivity index (χ4n) is 1.82. The number of nitrogens with two attached hydrogens (primary N) is 1. The molecule has 1 aromatic rings. The first-order valence-corrected chi connectivity index (χ1v) is 4.93. The molecule has 0 amide bonds. The SMILES string of the molecule is NC1CCCc2[nH]c(C(F)(F)C(F)F)nc21. The van der Waals surface area contributed by atoms with E-state index in [1.54, 1.807) is 0 Å². The van der Waals surface area contributed by atoms with E-state index in [1.807, 2.05) is 0 Å². The second-order valence-corrected chi connectivity index (χ2v) is 3.87. The van der Waals surface area contributed by atoms with Gasteiger partial charge in [0.05, 0.1) is 5.69 Å². The molecule has 90 valence electrons. The Morgan fingerprint density at radius 2 is 2.12 bits per heavy atom. The van der Waals surface area contributed by atoms with Crippen molar-refractivity contribution in [2.45, 2.75) is 37.7 Å². The molecule has 3 nitrogen and oxygen atoms in total. The molecule has 1 heterocycles. The Bertz CT molecular complexity index is 388. The predicted molar refractivity (Wildman–Crippen MR) is 48.4 cm³/mol. The van der Waals surface area contributed by atoms with Crippen molar-refractivity contribution in [1.29, 1.82) is 0 Å². The maximum absolute atomic E-state index is 13.0. The van der Waals surface area contributed by atoms with Gasteiger partial charge >= 0.3 is 12.3 Å². The van der Waals surface area contributed by atoms with E-state index in [9.17, 15) is 17.6 Å². The Hall–Kier alpha value is -1.11. The molecule has 7 heteroatoms. The Balaban J connectivity index is 2.38. The second-order valence-electron chi connectivity index (χ2n) is 3.87. The van der Waals surface area contributed by atoms with Crippen LogP contribution in [0.3, 0.4) is 0 Å². The molecule has 0 saturated carbocycles. The number of hydrogen-bond acceptors (Lipinski definition) is 2.